The van der Waals surface area contributed by atoms with E-state index in [4.69, 9.17) is 13.6 Å². The van der Waals surface area contributed by atoms with Crippen molar-refractivity contribution in [1.29, 1.82) is 0 Å². The molecule has 0 aliphatic carbocycles. The van der Waals surface area contributed by atoms with E-state index in [1.54, 1.807) is 0 Å². The van der Waals surface area contributed by atoms with Gasteiger partial charge in [0.1, 0.15) is 6.10 Å². The molecule has 0 aromatic heterocycles. The van der Waals surface area contributed by atoms with Gasteiger partial charge in [0.25, 0.3) is 0 Å². The molecule has 7 atom stereocenters. The third-order valence-corrected chi connectivity index (χ3v) is 19.8. The van der Waals surface area contributed by atoms with E-state index in [1.165, 1.54) is 11.1 Å². The summed E-state index contributed by atoms with van der Waals surface area (Å²) in [7, 11) is -3.90. The van der Waals surface area contributed by atoms with E-state index >= 15 is 0 Å². The van der Waals surface area contributed by atoms with Gasteiger partial charge in [0, 0.05) is 18.9 Å². The Morgan fingerprint density at radius 3 is 2.14 bits per heavy atom. The van der Waals surface area contributed by atoms with Gasteiger partial charge in [0.2, 0.25) is 0 Å². The summed E-state index contributed by atoms with van der Waals surface area (Å²) in [6.45, 7) is 36.3. The van der Waals surface area contributed by atoms with Crippen molar-refractivity contribution in [3.8, 4) is 0 Å². The van der Waals surface area contributed by atoms with Gasteiger partial charge in [-0.2, -0.15) is 0 Å². The van der Waals surface area contributed by atoms with Crippen LogP contribution < -0.4 is 0 Å². The molecule has 0 aromatic carbocycles. The average Bonchev–Trinajstić information content (AvgIpc) is 2.83. The topological polar surface area (TPSA) is 65.0 Å². The van der Waals surface area contributed by atoms with Crippen LogP contribution in [0.2, 0.25) is 36.3 Å². The molecule has 44 heavy (non-hydrogen) atoms. The van der Waals surface area contributed by atoms with E-state index in [1.807, 2.05) is 0 Å². The molecule has 1 heterocycles. The van der Waals surface area contributed by atoms with Crippen LogP contribution in [0.15, 0.2) is 23.3 Å². The van der Waals surface area contributed by atoms with Crippen molar-refractivity contribution in [3.63, 3.8) is 0 Å². The van der Waals surface area contributed by atoms with Gasteiger partial charge in [-0.25, -0.2) is 0 Å². The average molecular weight is 653 g/mol. The molecule has 1 aliphatic heterocycles. The Hall–Kier alpha value is -0.736. The van der Waals surface area contributed by atoms with E-state index in [0.29, 0.717) is 25.7 Å². The Kier molecular flexibility index (Phi) is 15.9. The maximum Gasteiger partial charge on any atom is 0.306 e. The lowest BCUT2D eigenvalue weighted by molar-refractivity contribution is -0.151. The molecule has 0 saturated heterocycles. The molecule has 1 rings (SSSR count). The van der Waals surface area contributed by atoms with Gasteiger partial charge < -0.3 is 18.7 Å². The molecule has 0 spiro atoms. The first-order valence-electron chi connectivity index (χ1n) is 17.4. The summed E-state index contributed by atoms with van der Waals surface area (Å²) in [5.74, 6) is 0.469. The minimum absolute atomic E-state index is 0.0722. The van der Waals surface area contributed by atoms with Crippen molar-refractivity contribution < 1.29 is 23.5 Å². The molecule has 0 aromatic rings. The minimum Gasteiger partial charge on any atom is -0.462 e. The highest BCUT2D eigenvalue weighted by atomic mass is 28.4. The lowest BCUT2D eigenvalue weighted by atomic mass is 9.89. The second-order valence-corrected chi connectivity index (χ2v) is 26.9. The molecule has 0 radical (unpaired) electrons. The van der Waals surface area contributed by atoms with Crippen molar-refractivity contribution in [2.24, 2.45) is 17.8 Å². The van der Waals surface area contributed by atoms with Crippen molar-refractivity contribution >= 4 is 22.6 Å². The summed E-state index contributed by atoms with van der Waals surface area (Å²) in [6, 6.07) is 0. The van der Waals surface area contributed by atoms with Crippen LogP contribution in [-0.4, -0.2) is 52.1 Å². The lowest BCUT2D eigenvalue weighted by Gasteiger charge is -2.43. The molecule has 0 unspecified atom stereocenters. The number of carbonyl (C=O) groups excluding carboxylic acids is 1. The molecule has 1 N–H and O–H groups in total. The van der Waals surface area contributed by atoms with E-state index in [2.05, 4.69) is 121 Å². The molecular weight excluding hydrogens is 581 g/mol. The van der Waals surface area contributed by atoms with E-state index < -0.39 is 16.6 Å². The van der Waals surface area contributed by atoms with Gasteiger partial charge in [-0.1, -0.05) is 85.6 Å². The second-order valence-electron chi connectivity index (χ2n) is 17.4. The molecule has 0 saturated carbocycles. The van der Waals surface area contributed by atoms with Gasteiger partial charge in [-0.15, -0.1) is 0 Å². The highest BCUT2D eigenvalue weighted by Gasteiger charge is 2.42. The Bertz CT molecular complexity index is 956. The van der Waals surface area contributed by atoms with Crippen LogP contribution in [0.25, 0.3) is 0 Å². The smallest absolute Gasteiger partial charge is 0.306 e. The Labute approximate surface area is 275 Å². The number of hydrogen-bond donors (Lipinski definition) is 1. The first-order chi connectivity index (χ1) is 19.9. The molecule has 258 valence electrons. The molecule has 1 aliphatic rings. The summed E-state index contributed by atoms with van der Waals surface area (Å²) in [4.78, 5) is 12.8. The molecule has 0 amide bonds. The number of allylic oxidation sites excluding steroid dienone is 2. The Balaban J connectivity index is 3.17. The van der Waals surface area contributed by atoms with Crippen LogP contribution in [0.1, 0.15) is 128 Å². The van der Waals surface area contributed by atoms with Crippen LogP contribution in [0.4, 0.5) is 0 Å². The van der Waals surface area contributed by atoms with Crippen LogP contribution in [0.5, 0.6) is 0 Å². The zero-order chi connectivity index (χ0) is 34.3. The quantitative estimate of drug-likeness (QED) is 0.137. The predicted molar refractivity (Wildman–Crippen MR) is 193 cm³/mol. The van der Waals surface area contributed by atoms with Crippen molar-refractivity contribution in [1.82, 2.24) is 0 Å². The van der Waals surface area contributed by atoms with Crippen LogP contribution in [0, 0.1) is 17.8 Å². The number of ether oxygens (including phenoxy) is 1. The van der Waals surface area contributed by atoms with Crippen molar-refractivity contribution in [2.45, 2.75) is 189 Å². The standard InChI is InChI=1S/C37H72O5Si2/c1-26-20-21-33(40-35(39)19-17-18-32(38)28(3)22-26)29(4)23-27(2)24-30(5)34(42-44(15,16)37(10,11)12)25-31(6)41-43(13,14)36(7,8)9/h20,24,28-34,38H,17-19,21-23,25H2,1-16H3/b26-20+,27-24+/t28-,29-,30+,31+,32-,33+,34+/m0/s1. The number of aliphatic hydroxyl groups excluding tert-OH is 1. The van der Waals surface area contributed by atoms with Crippen LogP contribution in [-0.2, 0) is 18.4 Å². The molecule has 0 fully saturated rings. The van der Waals surface area contributed by atoms with E-state index in [9.17, 15) is 9.90 Å². The third-order valence-electron chi connectivity index (χ3n) is 10.7. The van der Waals surface area contributed by atoms with Crippen LogP contribution >= 0.6 is 0 Å². The fourth-order valence-corrected chi connectivity index (χ4v) is 8.53. The van der Waals surface area contributed by atoms with Gasteiger partial charge >= 0.3 is 5.97 Å². The Morgan fingerprint density at radius 2 is 1.59 bits per heavy atom. The largest absolute Gasteiger partial charge is 0.462 e. The van der Waals surface area contributed by atoms with E-state index in [0.717, 1.165) is 19.3 Å². The number of carbonyl (C=O) groups is 1. The number of aliphatic hydroxyl groups is 1. The fraction of sp³-hybridized carbons (Fsp3) is 0.865. The van der Waals surface area contributed by atoms with Crippen molar-refractivity contribution in [3.05, 3.63) is 23.3 Å². The fourth-order valence-electron chi connectivity index (χ4n) is 5.65. The zero-order valence-corrected chi connectivity index (χ0v) is 33.7. The first-order valence-corrected chi connectivity index (χ1v) is 23.2. The summed E-state index contributed by atoms with van der Waals surface area (Å²) in [5.41, 5.74) is 2.57. The SMILES string of the molecule is C/C1=C\C[C@H]([C@@H](C)C/C(C)=C/[C@@H](C)[C@@H](C[C@@H](C)O[Si](C)(C)C(C)(C)C)O[Si](C)(C)C(C)(C)C)OC(=O)CCC[C@H](O)[C@@H](C)C1. The summed E-state index contributed by atoms with van der Waals surface area (Å²) in [6.07, 6.45) is 9.27. The summed E-state index contributed by atoms with van der Waals surface area (Å²) in [5, 5.41) is 10.7. The number of esters is 1. The molecule has 7 heteroatoms. The minimum atomic E-state index is -2.01. The molecule has 5 nitrogen and oxygen atoms in total. The second kappa shape index (κ2) is 16.9. The summed E-state index contributed by atoms with van der Waals surface area (Å²) < 4.78 is 20.0. The van der Waals surface area contributed by atoms with Crippen molar-refractivity contribution in [2.75, 3.05) is 0 Å². The van der Waals surface area contributed by atoms with Crippen LogP contribution in [0.3, 0.4) is 0 Å². The van der Waals surface area contributed by atoms with Gasteiger partial charge in [0.05, 0.1) is 12.2 Å². The first kappa shape index (κ1) is 41.3. The number of hydrogen-bond acceptors (Lipinski definition) is 5. The van der Waals surface area contributed by atoms with Gasteiger partial charge in [0.15, 0.2) is 16.6 Å². The maximum absolute atomic E-state index is 12.8. The molecular formula is C37H72O5Si2. The monoisotopic (exact) mass is 652 g/mol. The summed E-state index contributed by atoms with van der Waals surface area (Å²) >= 11 is 0. The zero-order valence-electron chi connectivity index (χ0n) is 31.7. The molecule has 0 bridgehead atoms. The van der Waals surface area contributed by atoms with Gasteiger partial charge in [-0.3, -0.25) is 4.79 Å². The highest BCUT2D eigenvalue weighted by Crippen LogP contribution is 2.41. The van der Waals surface area contributed by atoms with Gasteiger partial charge in [-0.05, 0) is 107 Å². The third kappa shape index (κ3) is 13.5. The van der Waals surface area contributed by atoms with E-state index in [-0.39, 0.29) is 58.2 Å². The number of rotatable bonds is 11. The normalized spacial score (nSPS) is 26.4. The predicted octanol–water partition coefficient (Wildman–Crippen LogP) is 10.6. The number of cyclic esters (lactones) is 1. The lowest BCUT2D eigenvalue weighted by Crippen LogP contribution is -2.48. The maximum atomic E-state index is 12.8. The Morgan fingerprint density at radius 1 is 1.05 bits per heavy atom. The highest BCUT2D eigenvalue weighted by molar-refractivity contribution is 6.74.